The van der Waals surface area contributed by atoms with Gasteiger partial charge in [-0.2, -0.15) is 0 Å². The smallest absolute Gasteiger partial charge is 0.328 e. The van der Waals surface area contributed by atoms with Crippen LogP contribution in [0.1, 0.15) is 79.1 Å². The molecule has 0 saturated carbocycles. The Morgan fingerprint density at radius 1 is 0.776 bits per heavy atom. The Balaban J connectivity index is 2.44. The number of hydrogen-bond donors (Lipinski definition) is 7. The number of hydroxylamine groups is 6. The van der Waals surface area contributed by atoms with Crippen LogP contribution < -0.4 is 16.0 Å². The van der Waals surface area contributed by atoms with E-state index in [1.165, 1.54) is 19.9 Å². The van der Waals surface area contributed by atoms with Crippen LogP contribution in [0.4, 0.5) is 0 Å². The summed E-state index contributed by atoms with van der Waals surface area (Å²) in [6.45, 7) is 5.15. The maximum absolute atomic E-state index is 12.5. The zero-order valence-electron chi connectivity index (χ0n) is 28.5. The van der Waals surface area contributed by atoms with E-state index in [1.54, 1.807) is 13.8 Å². The third-order valence-electron chi connectivity index (χ3n) is 7.38. The number of amides is 6. The Bertz CT molecular complexity index is 1240. The molecule has 0 aromatic carbocycles. The number of esters is 1. The Labute approximate surface area is 285 Å². The minimum Gasteiger partial charge on any atom is -0.464 e. The van der Waals surface area contributed by atoms with Crippen molar-refractivity contribution < 1.29 is 59.0 Å². The summed E-state index contributed by atoms with van der Waals surface area (Å²) in [6, 6.07) is -2.74. The number of aliphatic hydroxyl groups excluding tert-OH is 1. The summed E-state index contributed by atoms with van der Waals surface area (Å²) in [5.74, 6) is -4.04. The van der Waals surface area contributed by atoms with E-state index >= 15 is 0 Å². The summed E-state index contributed by atoms with van der Waals surface area (Å²) in [7, 11) is 0. The first kappa shape index (κ1) is 42.6. The van der Waals surface area contributed by atoms with E-state index in [-0.39, 0.29) is 77.8 Å². The minimum absolute atomic E-state index is 0.0356. The highest BCUT2D eigenvalue weighted by Crippen LogP contribution is 2.11. The van der Waals surface area contributed by atoms with Crippen LogP contribution in [0.3, 0.4) is 0 Å². The standard InChI is InChI=1S/C31H50N6O12/c1-20(11-16-38)18-27(41)36(47)14-5-8-24-29(43)34-25(30(44)33-24)9-6-15-37(48)28(42)19-21(2)12-17-49-31(45)26(32-22(3)39)10-7-13-35(46)23(4)40/h18-19,24-26,38,46-48H,5-17H2,1-4H3,(H,32,39)(H,33,44)(H,34,43). The SMILES string of the molecule is CC(=O)NC(CCCN(O)C(C)=O)C(=O)OCCC(C)=CC(=O)N(O)CCCC1NC(=O)C(CCCN(O)C(=O)C=C(C)CCO)NC1=O. The topological polar surface area (TPSA) is 255 Å². The van der Waals surface area contributed by atoms with Crippen molar-refractivity contribution in [3.05, 3.63) is 23.3 Å². The number of hydrogen-bond acceptors (Lipinski definition) is 12. The zero-order valence-corrected chi connectivity index (χ0v) is 28.5. The second-order valence-corrected chi connectivity index (χ2v) is 11.7. The normalized spacial score (nSPS) is 17.0. The first-order valence-corrected chi connectivity index (χ1v) is 16.0. The van der Waals surface area contributed by atoms with Gasteiger partial charge in [-0.15, -0.1) is 0 Å². The van der Waals surface area contributed by atoms with Crippen LogP contribution in [-0.4, -0.2) is 128 Å². The Hall–Kier alpha value is -4.39. The second-order valence-electron chi connectivity index (χ2n) is 11.7. The number of carbonyl (C=O) groups is 7. The molecule has 3 unspecified atom stereocenters. The fraction of sp³-hybridized carbons (Fsp3) is 0.645. The van der Waals surface area contributed by atoms with Gasteiger partial charge in [0.05, 0.1) is 6.61 Å². The predicted molar refractivity (Wildman–Crippen MR) is 170 cm³/mol. The summed E-state index contributed by atoms with van der Waals surface area (Å²) in [6.07, 6.45) is 3.83. The van der Waals surface area contributed by atoms with E-state index in [0.29, 0.717) is 32.8 Å². The quantitative estimate of drug-likeness (QED) is 0.0353. The molecule has 6 amide bonds. The van der Waals surface area contributed by atoms with Gasteiger partial charge >= 0.3 is 5.97 Å². The van der Waals surface area contributed by atoms with Crippen molar-refractivity contribution >= 4 is 41.4 Å². The molecule has 1 aliphatic heterocycles. The van der Waals surface area contributed by atoms with Crippen molar-refractivity contribution in [2.75, 3.05) is 32.8 Å². The Morgan fingerprint density at radius 3 is 1.69 bits per heavy atom. The maximum Gasteiger partial charge on any atom is 0.328 e. The largest absolute Gasteiger partial charge is 0.464 e. The van der Waals surface area contributed by atoms with Gasteiger partial charge in [0.1, 0.15) is 18.1 Å². The number of nitrogens with one attached hydrogen (secondary N) is 3. The summed E-state index contributed by atoms with van der Waals surface area (Å²) < 4.78 is 5.21. The van der Waals surface area contributed by atoms with Gasteiger partial charge in [-0.3, -0.25) is 44.4 Å². The van der Waals surface area contributed by atoms with Gasteiger partial charge in [-0.1, -0.05) is 11.1 Å². The van der Waals surface area contributed by atoms with E-state index in [4.69, 9.17) is 9.84 Å². The molecule has 1 heterocycles. The molecule has 0 aromatic rings. The van der Waals surface area contributed by atoms with Crippen molar-refractivity contribution in [1.29, 1.82) is 0 Å². The molecule has 0 spiro atoms. The van der Waals surface area contributed by atoms with Crippen LogP contribution in [0, 0.1) is 0 Å². The van der Waals surface area contributed by atoms with Gasteiger partial charge in [-0.05, 0) is 58.8 Å². The van der Waals surface area contributed by atoms with Gasteiger partial charge in [0.25, 0.3) is 11.8 Å². The lowest BCUT2D eigenvalue weighted by Gasteiger charge is -2.30. The molecular formula is C31H50N6O12. The Kier molecular flexibility index (Phi) is 19.4. The van der Waals surface area contributed by atoms with Crippen LogP contribution in [-0.2, 0) is 38.3 Å². The second kappa shape index (κ2) is 22.3. The fourth-order valence-electron chi connectivity index (χ4n) is 4.59. The summed E-state index contributed by atoms with van der Waals surface area (Å²) >= 11 is 0. The van der Waals surface area contributed by atoms with E-state index in [1.807, 2.05) is 0 Å². The number of carbonyl (C=O) groups excluding carboxylic acids is 7. The van der Waals surface area contributed by atoms with Crippen LogP contribution in [0.15, 0.2) is 23.3 Å². The minimum atomic E-state index is -0.997. The summed E-state index contributed by atoms with van der Waals surface area (Å²) in [5, 5.41) is 47.5. The molecule has 0 bridgehead atoms. The van der Waals surface area contributed by atoms with Gasteiger partial charge in [-0.25, -0.2) is 20.0 Å². The lowest BCUT2D eigenvalue weighted by Crippen LogP contribution is -2.61. The maximum atomic E-state index is 12.5. The lowest BCUT2D eigenvalue weighted by atomic mass is 10.0. The number of ether oxygens (including phenoxy) is 1. The third kappa shape index (κ3) is 17.0. The summed E-state index contributed by atoms with van der Waals surface area (Å²) in [5.41, 5.74) is 1.08. The molecule has 0 aliphatic carbocycles. The molecule has 0 radical (unpaired) electrons. The molecule has 1 fully saturated rings. The van der Waals surface area contributed by atoms with Crippen molar-refractivity contribution in [1.82, 2.24) is 31.1 Å². The number of rotatable bonds is 21. The third-order valence-corrected chi connectivity index (χ3v) is 7.38. The first-order valence-electron chi connectivity index (χ1n) is 16.0. The van der Waals surface area contributed by atoms with Gasteiger partial charge in [0.2, 0.25) is 23.6 Å². The highest BCUT2D eigenvalue weighted by atomic mass is 16.5. The summed E-state index contributed by atoms with van der Waals surface area (Å²) in [4.78, 5) is 84.5. The van der Waals surface area contributed by atoms with E-state index in [2.05, 4.69) is 16.0 Å². The van der Waals surface area contributed by atoms with Crippen LogP contribution >= 0.6 is 0 Å². The zero-order chi connectivity index (χ0) is 37.1. The van der Waals surface area contributed by atoms with Crippen molar-refractivity contribution in [3.63, 3.8) is 0 Å². The lowest BCUT2D eigenvalue weighted by molar-refractivity contribution is -0.163. The molecule has 7 N–H and O–H groups in total. The molecule has 3 atom stereocenters. The monoisotopic (exact) mass is 698 g/mol. The highest BCUT2D eigenvalue weighted by Gasteiger charge is 2.33. The number of nitrogens with zero attached hydrogens (tertiary/aromatic N) is 3. The molecule has 276 valence electrons. The number of piperazine rings is 1. The molecule has 1 saturated heterocycles. The average molecular weight is 699 g/mol. The molecule has 0 aromatic heterocycles. The van der Waals surface area contributed by atoms with Gasteiger partial charge < -0.3 is 25.8 Å². The first-order chi connectivity index (χ1) is 23.0. The van der Waals surface area contributed by atoms with Crippen molar-refractivity contribution in [3.8, 4) is 0 Å². The molecule has 1 aliphatic rings. The highest BCUT2D eigenvalue weighted by molar-refractivity contribution is 5.97. The van der Waals surface area contributed by atoms with Gasteiger partial charge in [0.15, 0.2) is 0 Å². The van der Waals surface area contributed by atoms with E-state index in [0.717, 1.165) is 6.08 Å². The molecule has 18 nitrogen and oxygen atoms in total. The van der Waals surface area contributed by atoms with E-state index < -0.39 is 59.5 Å². The van der Waals surface area contributed by atoms with Crippen LogP contribution in [0.5, 0.6) is 0 Å². The van der Waals surface area contributed by atoms with Crippen molar-refractivity contribution in [2.24, 2.45) is 0 Å². The predicted octanol–water partition coefficient (Wildman–Crippen LogP) is -0.303. The van der Waals surface area contributed by atoms with Crippen molar-refractivity contribution in [2.45, 2.75) is 97.2 Å². The van der Waals surface area contributed by atoms with Crippen LogP contribution in [0.2, 0.25) is 0 Å². The molecule has 18 heteroatoms. The van der Waals surface area contributed by atoms with Gasteiger partial charge in [0, 0.05) is 58.7 Å². The van der Waals surface area contributed by atoms with E-state index in [9.17, 15) is 49.2 Å². The Morgan fingerprint density at radius 2 is 1.24 bits per heavy atom. The van der Waals surface area contributed by atoms with Crippen LogP contribution in [0.25, 0.3) is 0 Å². The average Bonchev–Trinajstić information content (AvgIpc) is 3.01. The molecule has 49 heavy (non-hydrogen) atoms. The molecule has 1 rings (SSSR count). The number of aliphatic hydroxyl groups is 1. The molecular weight excluding hydrogens is 648 g/mol. The fourth-order valence-corrected chi connectivity index (χ4v) is 4.59.